The van der Waals surface area contributed by atoms with E-state index in [9.17, 15) is 4.79 Å². The van der Waals surface area contributed by atoms with Crippen molar-refractivity contribution in [2.45, 2.75) is 0 Å². The van der Waals surface area contributed by atoms with Gasteiger partial charge in [0.15, 0.2) is 0 Å². The molecule has 0 saturated carbocycles. The van der Waals surface area contributed by atoms with E-state index in [4.69, 9.17) is 16.6 Å². The first-order valence-electron chi connectivity index (χ1n) is 10.3. The normalized spacial score (nSPS) is 14.1. The molecule has 5 nitrogen and oxygen atoms in total. The second-order valence-electron chi connectivity index (χ2n) is 7.56. The summed E-state index contributed by atoms with van der Waals surface area (Å²) in [7, 11) is 0. The van der Waals surface area contributed by atoms with E-state index in [1.807, 2.05) is 71.6 Å². The lowest BCUT2D eigenvalue weighted by molar-refractivity contribution is 0.0748. The molecule has 2 aromatic carbocycles. The highest BCUT2D eigenvalue weighted by Crippen LogP contribution is 2.27. The Kier molecular flexibility index (Phi) is 5.26. The van der Waals surface area contributed by atoms with E-state index in [2.05, 4.69) is 9.88 Å². The Morgan fingerprint density at radius 3 is 2.32 bits per heavy atom. The molecule has 1 amide bonds. The standard InChI is InChI=1S/C25H21ClN4O/c26-19-7-5-18(6-8-19)24-17-22(21-3-1-2-4-23(21)28-24)25(31)30-15-13-29(14-16-30)20-9-11-27-12-10-20/h1-12,17H,13-16H2. The second kappa shape index (κ2) is 8.36. The van der Waals surface area contributed by atoms with Crippen LogP contribution < -0.4 is 4.90 Å². The number of pyridine rings is 2. The summed E-state index contributed by atoms with van der Waals surface area (Å²) in [5.41, 5.74) is 4.35. The molecule has 5 rings (SSSR count). The van der Waals surface area contributed by atoms with E-state index < -0.39 is 0 Å². The highest BCUT2D eigenvalue weighted by molar-refractivity contribution is 6.30. The van der Waals surface area contributed by atoms with Gasteiger partial charge in [-0.05, 0) is 36.4 Å². The van der Waals surface area contributed by atoms with Crippen LogP contribution in [0.2, 0.25) is 5.02 Å². The molecule has 1 aliphatic rings. The Morgan fingerprint density at radius 1 is 0.871 bits per heavy atom. The zero-order valence-corrected chi connectivity index (χ0v) is 17.7. The molecule has 1 fully saturated rings. The van der Waals surface area contributed by atoms with Crippen molar-refractivity contribution < 1.29 is 4.79 Å². The third kappa shape index (κ3) is 3.97. The van der Waals surface area contributed by atoms with Crippen molar-refractivity contribution in [2.75, 3.05) is 31.1 Å². The molecule has 2 aromatic heterocycles. The fraction of sp³-hybridized carbons (Fsp3) is 0.160. The van der Waals surface area contributed by atoms with Crippen molar-refractivity contribution in [1.29, 1.82) is 0 Å². The third-order valence-electron chi connectivity index (χ3n) is 5.68. The van der Waals surface area contributed by atoms with Crippen LogP contribution in [0.3, 0.4) is 0 Å². The molecule has 1 saturated heterocycles. The maximum Gasteiger partial charge on any atom is 0.254 e. The molecular weight excluding hydrogens is 408 g/mol. The number of fused-ring (bicyclic) bond motifs is 1. The van der Waals surface area contributed by atoms with E-state index in [1.165, 1.54) is 0 Å². The van der Waals surface area contributed by atoms with Gasteiger partial charge < -0.3 is 9.80 Å². The zero-order chi connectivity index (χ0) is 21.2. The molecule has 4 aromatic rings. The van der Waals surface area contributed by atoms with Crippen molar-refractivity contribution in [3.05, 3.63) is 89.7 Å². The number of rotatable bonds is 3. The molecule has 0 spiro atoms. The van der Waals surface area contributed by atoms with Crippen molar-refractivity contribution in [3.8, 4) is 11.3 Å². The molecule has 0 atom stereocenters. The summed E-state index contributed by atoms with van der Waals surface area (Å²) < 4.78 is 0. The number of hydrogen-bond donors (Lipinski definition) is 0. The Morgan fingerprint density at radius 2 is 1.58 bits per heavy atom. The van der Waals surface area contributed by atoms with Gasteiger partial charge >= 0.3 is 0 Å². The van der Waals surface area contributed by atoms with Gasteiger partial charge in [0, 0.05) is 60.2 Å². The SMILES string of the molecule is O=C(c1cc(-c2ccc(Cl)cc2)nc2ccccc12)N1CCN(c2ccncc2)CC1. The van der Waals surface area contributed by atoms with Crippen LogP contribution in [-0.4, -0.2) is 47.0 Å². The van der Waals surface area contributed by atoms with E-state index in [0.29, 0.717) is 23.7 Å². The average Bonchev–Trinajstić information content (AvgIpc) is 2.84. The third-order valence-corrected chi connectivity index (χ3v) is 5.93. The Bertz CT molecular complexity index is 1220. The van der Waals surface area contributed by atoms with Crippen LogP contribution >= 0.6 is 11.6 Å². The minimum atomic E-state index is 0.0446. The Labute approximate surface area is 185 Å². The van der Waals surface area contributed by atoms with Gasteiger partial charge in [-0.1, -0.05) is 41.9 Å². The number of piperazine rings is 1. The van der Waals surface area contributed by atoms with Gasteiger partial charge in [-0.25, -0.2) is 4.98 Å². The number of amides is 1. The maximum atomic E-state index is 13.5. The molecule has 0 N–H and O–H groups in total. The average molecular weight is 429 g/mol. The summed E-state index contributed by atoms with van der Waals surface area (Å²) in [6.45, 7) is 2.94. The lowest BCUT2D eigenvalue weighted by Crippen LogP contribution is -2.48. The number of carbonyl (C=O) groups excluding carboxylic acids is 1. The van der Waals surface area contributed by atoms with Crippen LogP contribution in [0.1, 0.15) is 10.4 Å². The van der Waals surface area contributed by atoms with Gasteiger partial charge in [0.05, 0.1) is 16.8 Å². The minimum Gasteiger partial charge on any atom is -0.368 e. The summed E-state index contributed by atoms with van der Waals surface area (Å²) in [6.07, 6.45) is 3.60. The number of para-hydroxylation sites is 1. The first kappa shape index (κ1) is 19.5. The topological polar surface area (TPSA) is 49.3 Å². The summed E-state index contributed by atoms with van der Waals surface area (Å²) in [5, 5.41) is 1.55. The van der Waals surface area contributed by atoms with Crippen LogP contribution in [0.25, 0.3) is 22.2 Å². The van der Waals surface area contributed by atoms with E-state index in [-0.39, 0.29) is 5.91 Å². The molecule has 6 heteroatoms. The van der Waals surface area contributed by atoms with E-state index in [0.717, 1.165) is 40.9 Å². The number of aromatic nitrogens is 2. The largest absolute Gasteiger partial charge is 0.368 e. The summed E-state index contributed by atoms with van der Waals surface area (Å²) >= 11 is 6.04. The van der Waals surface area contributed by atoms with Crippen LogP contribution in [0.15, 0.2) is 79.1 Å². The quantitative estimate of drug-likeness (QED) is 0.465. The molecular formula is C25H21ClN4O. The van der Waals surface area contributed by atoms with Crippen LogP contribution in [0.4, 0.5) is 5.69 Å². The van der Waals surface area contributed by atoms with Gasteiger partial charge in [-0.15, -0.1) is 0 Å². The second-order valence-corrected chi connectivity index (χ2v) is 8.00. The highest BCUT2D eigenvalue weighted by Gasteiger charge is 2.24. The van der Waals surface area contributed by atoms with E-state index >= 15 is 0 Å². The zero-order valence-electron chi connectivity index (χ0n) is 16.9. The number of nitrogens with zero attached hydrogens (tertiary/aromatic N) is 4. The molecule has 154 valence electrons. The lowest BCUT2D eigenvalue weighted by atomic mass is 10.0. The van der Waals surface area contributed by atoms with Gasteiger partial charge in [0.25, 0.3) is 5.91 Å². The van der Waals surface area contributed by atoms with Gasteiger partial charge in [0.2, 0.25) is 0 Å². The maximum absolute atomic E-state index is 13.5. The van der Waals surface area contributed by atoms with Crippen LogP contribution in [-0.2, 0) is 0 Å². The lowest BCUT2D eigenvalue weighted by Gasteiger charge is -2.36. The predicted molar refractivity (Wildman–Crippen MR) is 125 cm³/mol. The number of benzene rings is 2. The summed E-state index contributed by atoms with van der Waals surface area (Å²) in [6, 6.07) is 21.3. The summed E-state index contributed by atoms with van der Waals surface area (Å²) in [4.78, 5) is 26.6. The monoisotopic (exact) mass is 428 g/mol. The molecule has 0 radical (unpaired) electrons. The van der Waals surface area contributed by atoms with Crippen molar-refractivity contribution in [3.63, 3.8) is 0 Å². The molecule has 3 heterocycles. The predicted octanol–water partition coefficient (Wildman–Crippen LogP) is 4.91. The van der Waals surface area contributed by atoms with Crippen molar-refractivity contribution in [2.24, 2.45) is 0 Å². The highest BCUT2D eigenvalue weighted by atomic mass is 35.5. The first-order chi connectivity index (χ1) is 15.2. The van der Waals surface area contributed by atoms with Crippen molar-refractivity contribution >= 4 is 34.1 Å². The van der Waals surface area contributed by atoms with Crippen molar-refractivity contribution in [1.82, 2.24) is 14.9 Å². The Hall–Kier alpha value is -3.44. The molecule has 31 heavy (non-hydrogen) atoms. The number of hydrogen-bond acceptors (Lipinski definition) is 4. The molecule has 0 bridgehead atoms. The number of carbonyl (C=O) groups is 1. The van der Waals surface area contributed by atoms with Crippen LogP contribution in [0, 0.1) is 0 Å². The fourth-order valence-electron chi connectivity index (χ4n) is 4.01. The molecule has 1 aliphatic heterocycles. The smallest absolute Gasteiger partial charge is 0.254 e. The number of anilines is 1. The van der Waals surface area contributed by atoms with Crippen LogP contribution in [0.5, 0.6) is 0 Å². The van der Waals surface area contributed by atoms with Gasteiger partial charge in [-0.3, -0.25) is 9.78 Å². The van der Waals surface area contributed by atoms with Gasteiger partial charge in [-0.2, -0.15) is 0 Å². The molecule has 0 unspecified atom stereocenters. The minimum absolute atomic E-state index is 0.0446. The Balaban J connectivity index is 1.45. The van der Waals surface area contributed by atoms with Gasteiger partial charge in [0.1, 0.15) is 0 Å². The molecule has 0 aliphatic carbocycles. The number of halogens is 1. The first-order valence-corrected chi connectivity index (χ1v) is 10.7. The summed E-state index contributed by atoms with van der Waals surface area (Å²) in [5.74, 6) is 0.0446. The fourth-order valence-corrected chi connectivity index (χ4v) is 4.14. The van der Waals surface area contributed by atoms with E-state index in [1.54, 1.807) is 12.4 Å².